The van der Waals surface area contributed by atoms with Crippen molar-refractivity contribution >= 4 is 5.69 Å². The van der Waals surface area contributed by atoms with Crippen molar-refractivity contribution in [3.05, 3.63) is 29.8 Å². The zero-order valence-electron chi connectivity index (χ0n) is 10.8. The summed E-state index contributed by atoms with van der Waals surface area (Å²) in [6, 6.07) is 9.02. The zero-order chi connectivity index (χ0) is 12.3. The van der Waals surface area contributed by atoms with Crippen LogP contribution in [0.15, 0.2) is 24.3 Å². The molecule has 1 fully saturated rings. The van der Waals surface area contributed by atoms with Crippen LogP contribution in [0.3, 0.4) is 0 Å². The summed E-state index contributed by atoms with van der Waals surface area (Å²) >= 11 is 0. The molecule has 94 valence electrons. The molecule has 0 radical (unpaired) electrons. The molecule has 3 heteroatoms. The van der Waals surface area contributed by atoms with Gasteiger partial charge in [0, 0.05) is 25.8 Å². The first kappa shape index (κ1) is 12.4. The number of nitrogens with one attached hydrogen (secondary N) is 1. The van der Waals surface area contributed by atoms with Crippen molar-refractivity contribution in [2.75, 3.05) is 19.0 Å². The van der Waals surface area contributed by atoms with E-state index in [1.807, 2.05) is 0 Å². The van der Waals surface area contributed by atoms with Gasteiger partial charge in [-0.15, -0.1) is 0 Å². The Morgan fingerprint density at radius 1 is 1.18 bits per heavy atom. The van der Waals surface area contributed by atoms with E-state index in [1.165, 1.54) is 36.9 Å². The second-order valence-corrected chi connectivity index (χ2v) is 5.17. The van der Waals surface area contributed by atoms with Crippen LogP contribution in [0.4, 0.5) is 5.69 Å². The Kier molecular flexibility index (Phi) is 4.02. The van der Waals surface area contributed by atoms with Gasteiger partial charge in [0.05, 0.1) is 0 Å². The molecule has 0 spiro atoms. The van der Waals surface area contributed by atoms with E-state index < -0.39 is 0 Å². The fraction of sp³-hybridized carbons (Fsp3) is 0.571. The number of benzene rings is 1. The summed E-state index contributed by atoms with van der Waals surface area (Å²) in [5, 5.41) is 0. The number of rotatable bonds is 4. The molecule has 1 aromatic rings. The van der Waals surface area contributed by atoms with E-state index in [0.717, 1.165) is 0 Å². The van der Waals surface area contributed by atoms with E-state index in [1.54, 1.807) is 0 Å². The summed E-state index contributed by atoms with van der Waals surface area (Å²) in [6.07, 6.45) is 5.28. The number of hydrogen-bond donors (Lipinski definition) is 2. The molecule has 1 saturated carbocycles. The predicted octanol–water partition coefficient (Wildman–Crippen LogP) is 2.45. The minimum absolute atomic E-state index is 0.314. The molecule has 17 heavy (non-hydrogen) atoms. The Balaban J connectivity index is 2.13. The van der Waals surface area contributed by atoms with Crippen molar-refractivity contribution in [3.63, 3.8) is 0 Å². The van der Waals surface area contributed by atoms with E-state index in [2.05, 4.69) is 48.7 Å². The van der Waals surface area contributed by atoms with Crippen LogP contribution in [-0.4, -0.2) is 14.1 Å². The van der Waals surface area contributed by atoms with Crippen molar-refractivity contribution in [2.24, 2.45) is 11.8 Å². The number of nitrogens with two attached hydrogens (primary N) is 1. The average molecular weight is 233 g/mol. The van der Waals surface area contributed by atoms with E-state index >= 15 is 0 Å². The highest BCUT2D eigenvalue weighted by Crippen LogP contribution is 2.35. The van der Waals surface area contributed by atoms with Gasteiger partial charge < -0.3 is 4.90 Å². The molecule has 3 N–H and O–H groups in total. The lowest BCUT2D eigenvalue weighted by Gasteiger charge is -2.23. The molecule has 0 saturated heterocycles. The number of hydrogen-bond acceptors (Lipinski definition) is 3. The minimum Gasteiger partial charge on any atom is -0.378 e. The van der Waals surface area contributed by atoms with Crippen molar-refractivity contribution in [2.45, 2.75) is 31.7 Å². The van der Waals surface area contributed by atoms with Gasteiger partial charge in [0.15, 0.2) is 0 Å². The Morgan fingerprint density at radius 2 is 1.76 bits per heavy atom. The normalized spacial score (nSPS) is 18.3. The fourth-order valence-electron chi connectivity index (χ4n) is 2.77. The van der Waals surface area contributed by atoms with E-state index in [4.69, 9.17) is 5.84 Å². The minimum atomic E-state index is 0.314. The van der Waals surface area contributed by atoms with Crippen LogP contribution in [0.25, 0.3) is 0 Å². The highest BCUT2D eigenvalue weighted by Gasteiger charge is 2.25. The lowest BCUT2D eigenvalue weighted by atomic mass is 9.92. The van der Waals surface area contributed by atoms with Crippen LogP contribution in [-0.2, 0) is 0 Å². The molecule has 1 aliphatic rings. The molecule has 3 nitrogen and oxygen atoms in total. The van der Waals surface area contributed by atoms with Gasteiger partial charge in [-0.2, -0.15) is 0 Å². The Morgan fingerprint density at radius 3 is 2.24 bits per heavy atom. The van der Waals surface area contributed by atoms with E-state index in [9.17, 15) is 0 Å². The molecule has 0 aromatic heterocycles. The summed E-state index contributed by atoms with van der Waals surface area (Å²) in [6.45, 7) is 0. The summed E-state index contributed by atoms with van der Waals surface area (Å²) in [7, 11) is 4.12. The van der Waals surface area contributed by atoms with E-state index in [-0.39, 0.29) is 0 Å². The van der Waals surface area contributed by atoms with Crippen LogP contribution in [0.5, 0.6) is 0 Å². The van der Waals surface area contributed by atoms with Crippen LogP contribution >= 0.6 is 0 Å². The first-order valence-electron chi connectivity index (χ1n) is 6.46. The Bertz CT molecular complexity index is 339. The molecule has 1 atom stereocenters. The van der Waals surface area contributed by atoms with Crippen molar-refractivity contribution < 1.29 is 0 Å². The van der Waals surface area contributed by atoms with Gasteiger partial charge in [-0.05, 0) is 36.5 Å². The van der Waals surface area contributed by atoms with Crippen LogP contribution in [0.2, 0.25) is 0 Å². The van der Waals surface area contributed by atoms with Crippen LogP contribution < -0.4 is 16.2 Å². The average Bonchev–Trinajstić information content (AvgIpc) is 2.84. The van der Waals surface area contributed by atoms with Gasteiger partial charge in [0.25, 0.3) is 0 Å². The second-order valence-electron chi connectivity index (χ2n) is 5.17. The molecular weight excluding hydrogens is 210 g/mol. The first-order valence-corrected chi connectivity index (χ1v) is 6.46. The third-order valence-electron chi connectivity index (χ3n) is 3.82. The first-order chi connectivity index (χ1) is 8.22. The Hall–Kier alpha value is -1.06. The summed E-state index contributed by atoms with van der Waals surface area (Å²) < 4.78 is 0. The van der Waals surface area contributed by atoms with Crippen molar-refractivity contribution in [1.29, 1.82) is 0 Å². The summed E-state index contributed by atoms with van der Waals surface area (Å²) in [5.74, 6) is 6.42. The number of anilines is 1. The van der Waals surface area contributed by atoms with Crippen LogP contribution in [0.1, 0.15) is 37.3 Å². The third kappa shape index (κ3) is 2.79. The maximum absolute atomic E-state index is 5.72. The van der Waals surface area contributed by atoms with Gasteiger partial charge in [0.1, 0.15) is 0 Å². The predicted molar refractivity (Wildman–Crippen MR) is 72.8 cm³/mol. The molecule has 1 aliphatic carbocycles. The maximum atomic E-state index is 5.72. The van der Waals surface area contributed by atoms with Gasteiger partial charge in [0.2, 0.25) is 0 Å². The molecule has 0 amide bonds. The van der Waals surface area contributed by atoms with E-state index in [0.29, 0.717) is 12.0 Å². The zero-order valence-corrected chi connectivity index (χ0v) is 10.8. The molecule has 0 bridgehead atoms. The van der Waals surface area contributed by atoms with Gasteiger partial charge in [-0.1, -0.05) is 25.0 Å². The monoisotopic (exact) mass is 233 g/mol. The van der Waals surface area contributed by atoms with Crippen molar-refractivity contribution in [3.8, 4) is 0 Å². The SMILES string of the molecule is CN(C)c1ccc(C(NN)C2CCCC2)cc1. The molecule has 0 aliphatic heterocycles. The van der Waals surface area contributed by atoms with Crippen LogP contribution in [0, 0.1) is 5.92 Å². The Labute approximate surface area is 104 Å². The smallest absolute Gasteiger partial charge is 0.0488 e. The van der Waals surface area contributed by atoms with Gasteiger partial charge in [-0.25, -0.2) is 0 Å². The fourth-order valence-corrected chi connectivity index (χ4v) is 2.77. The second kappa shape index (κ2) is 5.52. The molecular formula is C14H23N3. The highest BCUT2D eigenvalue weighted by molar-refractivity contribution is 5.46. The molecule has 2 rings (SSSR count). The standard InChI is InChI=1S/C14H23N3/c1-17(2)13-9-7-12(8-10-13)14(16-15)11-5-3-4-6-11/h7-11,14,16H,3-6,15H2,1-2H3. The molecule has 0 heterocycles. The van der Waals surface area contributed by atoms with Gasteiger partial charge in [-0.3, -0.25) is 11.3 Å². The number of nitrogens with zero attached hydrogens (tertiary/aromatic N) is 1. The summed E-state index contributed by atoms with van der Waals surface area (Å²) in [5.41, 5.74) is 5.54. The molecule has 1 unspecified atom stereocenters. The third-order valence-corrected chi connectivity index (χ3v) is 3.82. The quantitative estimate of drug-likeness (QED) is 0.620. The number of hydrazine groups is 1. The largest absolute Gasteiger partial charge is 0.378 e. The molecule has 1 aromatic carbocycles. The lowest BCUT2D eigenvalue weighted by molar-refractivity contribution is 0.373. The van der Waals surface area contributed by atoms with Crippen molar-refractivity contribution in [1.82, 2.24) is 5.43 Å². The maximum Gasteiger partial charge on any atom is 0.0488 e. The van der Waals surface area contributed by atoms with Gasteiger partial charge >= 0.3 is 0 Å². The highest BCUT2D eigenvalue weighted by atomic mass is 15.2. The lowest BCUT2D eigenvalue weighted by Crippen LogP contribution is -2.32. The summed E-state index contributed by atoms with van der Waals surface area (Å²) in [4.78, 5) is 2.12. The topological polar surface area (TPSA) is 41.3 Å².